The van der Waals surface area contributed by atoms with Gasteiger partial charge in [0.1, 0.15) is 5.82 Å². The highest BCUT2D eigenvalue weighted by molar-refractivity contribution is 7.03. The number of fused-ring (bicyclic) bond motifs is 1. The van der Waals surface area contributed by atoms with E-state index in [-0.39, 0.29) is 12.0 Å². The number of aromatic nitrogens is 3. The fourth-order valence-corrected chi connectivity index (χ4v) is 4.28. The molecule has 2 aliphatic rings. The predicted octanol–water partition coefficient (Wildman–Crippen LogP) is 1.50. The molecule has 0 aliphatic carbocycles. The topological polar surface area (TPSA) is 63.5 Å². The summed E-state index contributed by atoms with van der Waals surface area (Å²) in [6.07, 6.45) is 7.29. The monoisotopic (exact) mass is 361 g/mol. The molecule has 7 nitrogen and oxygen atoms in total. The first-order valence-electron chi connectivity index (χ1n) is 8.60. The first-order chi connectivity index (χ1) is 12.1. The Morgan fingerprint density at radius 1 is 1.40 bits per heavy atom. The molecule has 3 atom stereocenters. The summed E-state index contributed by atoms with van der Waals surface area (Å²) >= 11 is 1.45. The maximum absolute atomic E-state index is 11.9. The molecule has 1 amide bonds. The van der Waals surface area contributed by atoms with E-state index in [1.165, 1.54) is 11.5 Å². The van der Waals surface area contributed by atoms with Crippen LogP contribution in [-0.2, 0) is 9.53 Å². The molecule has 134 valence electrons. The van der Waals surface area contributed by atoms with E-state index in [2.05, 4.69) is 25.0 Å². The van der Waals surface area contributed by atoms with Crippen molar-refractivity contribution in [3.8, 4) is 11.4 Å². The van der Waals surface area contributed by atoms with Gasteiger partial charge in [-0.05, 0) is 18.0 Å². The van der Waals surface area contributed by atoms with Crippen molar-refractivity contribution in [3.63, 3.8) is 0 Å². The van der Waals surface area contributed by atoms with E-state index in [1.54, 1.807) is 19.0 Å². The molecular weight excluding hydrogens is 338 g/mol. The van der Waals surface area contributed by atoms with Gasteiger partial charge in [-0.1, -0.05) is 0 Å². The second-order valence-corrected chi connectivity index (χ2v) is 7.67. The maximum Gasteiger partial charge on any atom is 0.224 e. The van der Waals surface area contributed by atoms with E-state index in [0.717, 1.165) is 30.9 Å². The van der Waals surface area contributed by atoms with Crippen LogP contribution >= 0.6 is 11.5 Å². The summed E-state index contributed by atoms with van der Waals surface area (Å²) in [5.41, 5.74) is 1.07. The molecule has 0 radical (unpaired) electrons. The zero-order chi connectivity index (χ0) is 17.4. The van der Waals surface area contributed by atoms with E-state index in [1.807, 2.05) is 17.8 Å². The third-order valence-corrected chi connectivity index (χ3v) is 5.71. The summed E-state index contributed by atoms with van der Waals surface area (Å²) in [7, 11) is 3.58. The molecule has 0 aromatic carbocycles. The molecule has 25 heavy (non-hydrogen) atoms. The SMILES string of the molecule is CN(C)C(=O)C[C@H]1CN2C[C@H](n3ccnc3-c3cnsc3)C[C@H]2CO1. The van der Waals surface area contributed by atoms with Gasteiger partial charge in [0.15, 0.2) is 0 Å². The number of rotatable bonds is 4. The van der Waals surface area contributed by atoms with Crippen LogP contribution in [0.3, 0.4) is 0 Å². The number of hydrogen-bond acceptors (Lipinski definition) is 6. The number of carbonyl (C=O) groups excluding carboxylic acids is 1. The number of nitrogens with zero attached hydrogens (tertiary/aromatic N) is 5. The van der Waals surface area contributed by atoms with Crippen LogP contribution in [0, 0.1) is 0 Å². The minimum absolute atomic E-state index is 0.00627. The standard InChI is InChI=1S/C17H23N5O2S/c1-20(2)16(23)6-15-9-21-8-13(5-14(21)10-24-15)22-4-3-18-17(22)12-7-19-25-11-12/h3-4,7,11,13-15H,5-6,8-10H2,1-2H3/t13-,14+,15+/m1/s1. The molecule has 0 bridgehead atoms. The molecule has 8 heteroatoms. The Balaban J connectivity index is 1.44. The van der Waals surface area contributed by atoms with E-state index in [9.17, 15) is 4.79 Å². The van der Waals surface area contributed by atoms with Crippen molar-refractivity contribution in [1.82, 2.24) is 23.7 Å². The fraction of sp³-hybridized carbons (Fsp3) is 0.588. The molecule has 2 aliphatic heterocycles. The zero-order valence-corrected chi connectivity index (χ0v) is 15.4. The lowest BCUT2D eigenvalue weighted by atomic mass is 10.1. The summed E-state index contributed by atoms with van der Waals surface area (Å²) in [4.78, 5) is 20.6. The highest BCUT2D eigenvalue weighted by Gasteiger charge is 2.39. The van der Waals surface area contributed by atoms with Gasteiger partial charge < -0.3 is 14.2 Å². The maximum atomic E-state index is 11.9. The Kier molecular flexibility index (Phi) is 4.58. The Bertz CT molecular complexity index is 729. The molecule has 0 N–H and O–H groups in total. The average Bonchev–Trinajstić information content (AvgIpc) is 3.32. The van der Waals surface area contributed by atoms with Gasteiger partial charge in [0, 0.05) is 62.6 Å². The number of carbonyl (C=O) groups is 1. The van der Waals surface area contributed by atoms with Crippen LogP contribution in [0.5, 0.6) is 0 Å². The van der Waals surface area contributed by atoms with E-state index < -0.39 is 0 Å². The van der Waals surface area contributed by atoms with Gasteiger partial charge in [-0.25, -0.2) is 9.36 Å². The van der Waals surface area contributed by atoms with E-state index in [0.29, 0.717) is 25.1 Å². The number of hydrogen-bond donors (Lipinski definition) is 0. The van der Waals surface area contributed by atoms with Gasteiger partial charge >= 0.3 is 0 Å². The lowest BCUT2D eigenvalue weighted by Crippen LogP contribution is -2.47. The van der Waals surface area contributed by atoms with E-state index >= 15 is 0 Å². The second-order valence-electron chi connectivity index (χ2n) is 7.02. The number of ether oxygens (including phenoxy) is 1. The van der Waals surface area contributed by atoms with Crippen molar-refractivity contribution < 1.29 is 9.53 Å². The Hall–Kier alpha value is -1.77. The third kappa shape index (κ3) is 3.33. The molecule has 2 aromatic heterocycles. The van der Waals surface area contributed by atoms with Crippen LogP contribution in [0.1, 0.15) is 18.9 Å². The molecule has 2 saturated heterocycles. The first-order valence-corrected chi connectivity index (χ1v) is 9.44. The van der Waals surface area contributed by atoms with Crippen LogP contribution < -0.4 is 0 Å². The van der Waals surface area contributed by atoms with Crippen molar-refractivity contribution in [2.24, 2.45) is 0 Å². The predicted molar refractivity (Wildman–Crippen MR) is 95.4 cm³/mol. The lowest BCUT2D eigenvalue weighted by Gasteiger charge is -2.35. The van der Waals surface area contributed by atoms with Crippen LogP contribution in [0.2, 0.25) is 0 Å². The van der Waals surface area contributed by atoms with Crippen molar-refractivity contribution >= 4 is 17.4 Å². The largest absolute Gasteiger partial charge is 0.375 e. The summed E-state index contributed by atoms with van der Waals surface area (Å²) in [6, 6.07) is 0.806. The molecule has 0 spiro atoms. The van der Waals surface area contributed by atoms with Crippen LogP contribution in [-0.4, -0.2) is 75.6 Å². The number of amides is 1. The summed E-state index contributed by atoms with van der Waals surface area (Å²) in [6.45, 7) is 2.50. The summed E-state index contributed by atoms with van der Waals surface area (Å²) in [5.74, 6) is 1.11. The number of morpholine rings is 1. The van der Waals surface area contributed by atoms with Gasteiger partial charge in [-0.2, -0.15) is 0 Å². The Morgan fingerprint density at radius 2 is 2.28 bits per heavy atom. The van der Waals surface area contributed by atoms with Gasteiger partial charge in [0.2, 0.25) is 5.91 Å². The highest BCUT2D eigenvalue weighted by Crippen LogP contribution is 2.33. The first kappa shape index (κ1) is 16.7. The van der Waals surface area contributed by atoms with Gasteiger partial charge in [-0.15, -0.1) is 0 Å². The number of imidazole rings is 1. The van der Waals surface area contributed by atoms with Crippen molar-refractivity contribution in [2.75, 3.05) is 33.8 Å². The summed E-state index contributed by atoms with van der Waals surface area (Å²) in [5, 5.41) is 2.03. The lowest BCUT2D eigenvalue weighted by molar-refractivity contribution is -0.134. The second kappa shape index (κ2) is 6.86. The molecular formula is C17H23N5O2S. The van der Waals surface area contributed by atoms with Crippen molar-refractivity contribution in [3.05, 3.63) is 24.0 Å². The molecule has 2 fully saturated rings. The van der Waals surface area contributed by atoms with Crippen molar-refractivity contribution in [1.29, 1.82) is 0 Å². The van der Waals surface area contributed by atoms with Crippen LogP contribution in [0.4, 0.5) is 0 Å². The highest BCUT2D eigenvalue weighted by atomic mass is 32.1. The molecule has 4 heterocycles. The zero-order valence-electron chi connectivity index (χ0n) is 14.5. The third-order valence-electron chi connectivity index (χ3n) is 5.12. The van der Waals surface area contributed by atoms with Gasteiger partial charge in [0.05, 0.1) is 25.3 Å². The minimum atomic E-state index is -0.00627. The average molecular weight is 361 g/mol. The molecule has 0 unspecified atom stereocenters. The van der Waals surface area contributed by atoms with Crippen LogP contribution in [0.15, 0.2) is 24.0 Å². The molecule has 2 aromatic rings. The fourth-order valence-electron chi connectivity index (χ4n) is 3.76. The Morgan fingerprint density at radius 3 is 3.04 bits per heavy atom. The quantitative estimate of drug-likeness (QED) is 0.826. The molecule has 4 rings (SSSR count). The van der Waals surface area contributed by atoms with Gasteiger partial charge in [-0.3, -0.25) is 9.69 Å². The van der Waals surface area contributed by atoms with E-state index in [4.69, 9.17) is 4.74 Å². The Labute approximate surface area is 151 Å². The minimum Gasteiger partial charge on any atom is -0.375 e. The summed E-state index contributed by atoms with van der Waals surface area (Å²) < 4.78 is 12.4. The van der Waals surface area contributed by atoms with Gasteiger partial charge in [0.25, 0.3) is 0 Å². The smallest absolute Gasteiger partial charge is 0.224 e. The van der Waals surface area contributed by atoms with Crippen LogP contribution in [0.25, 0.3) is 11.4 Å². The van der Waals surface area contributed by atoms with Crippen molar-refractivity contribution in [2.45, 2.75) is 31.0 Å². The normalized spacial score (nSPS) is 26.6. The molecule has 0 saturated carbocycles.